The molecule has 1 heterocycles. The normalized spacial score (nSPS) is 32.5. The molecule has 0 aromatic carbocycles. The van der Waals surface area contributed by atoms with E-state index in [2.05, 4.69) is 29.6 Å². The smallest absolute Gasteiger partial charge is 0.0144 e. The molecule has 0 aromatic heterocycles. The highest BCUT2D eigenvalue weighted by Crippen LogP contribution is 2.38. The van der Waals surface area contributed by atoms with E-state index in [1.165, 1.54) is 37.9 Å². The number of rotatable bonds is 0. The lowest BCUT2D eigenvalue weighted by Gasteiger charge is -2.35. The molecule has 1 N–H and O–H groups in total. The van der Waals surface area contributed by atoms with Gasteiger partial charge in [0.1, 0.15) is 0 Å². The maximum Gasteiger partial charge on any atom is 0.0144 e. The van der Waals surface area contributed by atoms with Gasteiger partial charge in [-0.1, -0.05) is 18.2 Å². The van der Waals surface area contributed by atoms with Crippen molar-refractivity contribution in [3.8, 4) is 0 Å². The lowest BCUT2D eigenvalue weighted by atomic mass is 9.75. The van der Waals surface area contributed by atoms with Crippen LogP contribution in [0.3, 0.4) is 0 Å². The molecule has 0 saturated carbocycles. The highest BCUT2D eigenvalue weighted by Gasteiger charge is 2.28. The lowest BCUT2D eigenvalue weighted by molar-refractivity contribution is 0.356. The minimum atomic E-state index is 0. The fourth-order valence-corrected chi connectivity index (χ4v) is 2.91. The van der Waals surface area contributed by atoms with E-state index >= 15 is 0 Å². The van der Waals surface area contributed by atoms with Crippen LogP contribution in [0.15, 0.2) is 35.6 Å². The van der Waals surface area contributed by atoms with Gasteiger partial charge in [0, 0.05) is 12.2 Å². The Balaban J connectivity index is 0.000000853. The summed E-state index contributed by atoms with van der Waals surface area (Å²) in [5, 5.41) is 3.55. The van der Waals surface area contributed by atoms with Crippen molar-refractivity contribution in [1.82, 2.24) is 5.32 Å². The fourth-order valence-electron chi connectivity index (χ4n) is 2.91. The number of allylic oxidation sites excluding steroid dienone is 6. The number of halogens is 1. The summed E-state index contributed by atoms with van der Waals surface area (Å²) in [5.74, 6) is 1.64. The third kappa shape index (κ3) is 1.98. The van der Waals surface area contributed by atoms with E-state index in [4.69, 9.17) is 0 Å². The Labute approximate surface area is 97.7 Å². The van der Waals surface area contributed by atoms with Crippen LogP contribution in [0.1, 0.15) is 25.7 Å². The Kier molecular flexibility index (Phi) is 3.20. The van der Waals surface area contributed by atoms with Crippen molar-refractivity contribution in [3.05, 3.63) is 35.6 Å². The summed E-state index contributed by atoms with van der Waals surface area (Å²) in [4.78, 5) is 0. The molecule has 3 aliphatic rings. The number of hydrogen-bond donors (Lipinski definition) is 1. The predicted octanol–water partition coefficient (Wildman–Crippen LogP) is 3.20. The van der Waals surface area contributed by atoms with Gasteiger partial charge in [-0.2, -0.15) is 0 Å². The van der Waals surface area contributed by atoms with Gasteiger partial charge in [0.15, 0.2) is 0 Å². The quantitative estimate of drug-likeness (QED) is 0.665. The predicted molar refractivity (Wildman–Crippen MR) is 66.0 cm³/mol. The molecule has 2 aliphatic carbocycles. The first-order valence-electron chi connectivity index (χ1n) is 5.75. The van der Waals surface area contributed by atoms with E-state index in [9.17, 15) is 0 Å². The van der Waals surface area contributed by atoms with Crippen LogP contribution in [0.2, 0.25) is 0 Å². The van der Waals surface area contributed by atoms with Crippen LogP contribution in [-0.2, 0) is 0 Å². The van der Waals surface area contributed by atoms with Crippen LogP contribution in [0.4, 0.5) is 0 Å². The summed E-state index contributed by atoms with van der Waals surface area (Å²) in [6.45, 7) is 1.18. The van der Waals surface area contributed by atoms with Gasteiger partial charge < -0.3 is 5.32 Å². The molecule has 1 aliphatic heterocycles. The molecule has 1 saturated heterocycles. The van der Waals surface area contributed by atoms with Gasteiger partial charge in [0.25, 0.3) is 0 Å². The maximum absolute atomic E-state index is 3.55. The van der Waals surface area contributed by atoms with E-state index in [0.717, 1.165) is 11.8 Å². The van der Waals surface area contributed by atoms with Crippen molar-refractivity contribution in [2.75, 3.05) is 6.54 Å². The second kappa shape index (κ2) is 4.44. The van der Waals surface area contributed by atoms with E-state index in [0.29, 0.717) is 0 Å². The minimum absolute atomic E-state index is 0. The average molecular weight is 224 g/mol. The summed E-state index contributed by atoms with van der Waals surface area (Å²) in [6, 6.07) is 0. The van der Waals surface area contributed by atoms with Gasteiger partial charge in [-0.3, -0.25) is 0 Å². The molecular formula is C13H18ClN. The monoisotopic (exact) mass is 223 g/mol. The third-order valence-electron chi connectivity index (χ3n) is 3.71. The van der Waals surface area contributed by atoms with Crippen molar-refractivity contribution in [3.63, 3.8) is 0 Å². The first kappa shape index (κ1) is 10.8. The van der Waals surface area contributed by atoms with Crippen molar-refractivity contribution >= 4 is 12.4 Å². The molecule has 0 aromatic rings. The zero-order chi connectivity index (χ0) is 9.38. The van der Waals surface area contributed by atoms with E-state index in [1.54, 1.807) is 5.57 Å². The van der Waals surface area contributed by atoms with Crippen LogP contribution in [0, 0.1) is 11.8 Å². The van der Waals surface area contributed by atoms with Gasteiger partial charge in [0.05, 0.1) is 0 Å². The lowest BCUT2D eigenvalue weighted by Crippen LogP contribution is -2.32. The van der Waals surface area contributed by atoms with Crippen LogP contribution in [-0.4, -0.2) is 6.54 Å². The van der Waals surface area contributed by atoms with Gasteiger partial charge in [0.2, 0.25) is 0 Å². The van der Waals surface area contributed by atoms with Crippen LogP contribution < -0.4 is 5.32 Å². The molecule has 15 heavy (non-hydrogen) atoms. The molecule has 0 radical (unpaired) electrons. The van der Waals surface area contributed by atoms with Gasteiger partial charge in [-0.25, -0.2) is 0 Å². The SMILES string of the molecule is C1=CCC2CC3CCCNC3=CC2=C1.Cl. The maximum atomic E-state index is 3.55. The topological polar surface area (TPSA) is 12.0 Å². The molecule has 2 unspecified atom stereocenters. The summed E-state index contributed by atoms with van der Waals surface area (Å²) in [7, 11) is 0. The summed E-state index contributed by atoms with van der Waals surface area (Å²) < 4.78 is 0. The Morgan fingerprint density at radius 3 is 3.13 bits per heavy atom. The van der Waals surface area contributed by atoms with Gasteiger partial charge >= 0.3 is 0 Å². The largest absolute Gasteiger partial charge is 0.388 e. The Morgan fingerprint density at radius 1 is 1.27 bits per heavy atom. The van der Waals surface area contributed by atoms with Crippen molar-refractivity contribution in [1.29, 1.82) is 0 Å². The summed E-state index contributed by atoms with van der Waals surface area (Å²) in [6.07, 6.45) is 14.6. The van der Waals surface area contributed by atoms with E-state index in [1.807, 2.05) is 0 Å². The molecule has 0 bridgehead atoms. The molecule has 2 heteroatoms. The number of fused-ring (bicyclic) bond motifs is 2. The molecule has 3 rings (SSSR count). The van der Waals surface area contributed by atoms with Crippen molar-refractivity contribution in [2.45, 2.75) is 25.7 Å². The van der Waals surface area contributed by atoms with Crippen LogP contribution in [0.25, 0.3) is 0 Å². The van der Waals surface area contributed by atoms with E-state index < -0.39 is 0 Å². The molecule has 82 valence electrons. The average Bonchev–Trinajstić information content (AvgIpc) is 2.26. The highest BCUT2D eigenvalue weighted by molar-refractivity contribution is 5.85. The van der Waals surface area contributed by atoms with Crippen molar-refractivity contribution < 1.29 is 0 Å². The first-order valence-corrected chi connectivity index (χ1v) is 5.75. The Bertz CT molecular complexity index is 327. The Hall–Kier alpha value is -0.690. The fraction of sp³-hybridized carbons (Fsp3) is 0.538. The van der Waals surface area contributed by atoms with Crippen LogP contribution >= 0.6 is 12.4 Å². The third-order valence-corrected chi connectivity index (χ3v) is 3.71. The van der Waals surface area contributed by atoms with Crippen molar-refractivity contribution in [2.24, 2.45) is 11.8 Å². The van der Waals surface area contributed by atoms with Gasteiger partial charge in [-0.05, 0) is 49.2 Å². The zero-order valence-corrected chi connectivity index (χ0v) is 9.72. The summed E-state index contributed by atoms with van der Waals surface area (Å²) in [5.41, 5.74) is 3.06. The number of hydrogen-bond acceptors (Lipinski definition) is 1. The zero-order valence-electron chi connectivity index (χ0n) is 8.91. The number of nitrogens with one attached hydrogen (secondary N) is 1. The molecule has 1 nitrogen and oxygen atoms in total. The molecule has 0 spiro atoms. The second-order valence-electron chi connectivity index (χ2n) is 4.63. The van der Waals surface area contributed by atoms with Crippen LogP contribution in [0.5, 0.6) is 0 Å². The Morgan fingerprint density at radius 2 is 2.20 bits per heavy atom. The molecule has 1 fully saturated rings. The second-order valence-corrected chi connectivity index (χ2v) is 4.63. The highest BCUT2D eigenvalue weighted by atomic mass is 35.5. The van der Waals surface area contributed by atoms with Gasteiger partial charge in [-0.15, -0.1) is 12.4 Å². The summed E-state index contributed by atoms with van der Waals surface area (Å²) >= 11 is 0. The standard InChI is InChI=1S/C13H17N.ClH/c1-2-5-11-9-13-12(6-3-7-14-13)8-10(11)4-1;/h1-2,5,9-10,12,14H,3-4,6-8H2;1H. The molecule has 0 amide bonds. The number of piperidine rings is 1. The minimum Gasteiger partial charge on any atom is -0.388 e. The molecule has 2 atom stereocenters. The molecular weight excluding hydrogens is 206 g/mol. The first-order chi connectivity index (χ1) is 6.93. The van der Waals surface area contributed by atoms with E-state index in [-0.39, 0.29) is 12.4 Å².